The summed E-state index contributed by atoms with van der Waals surface area (Å²) in [6.45, 7) is 9.69. The Morgan fingerprint density at radius 2 is 1.86 bits per heavy atom. The van der Waals surface area contributed by atoms with E-state index in [0.717, 1.165) is 24.1 Å². The molecule has 0 spiro atoms. The number of benzene rings is 1. The van der Waals surface area contributed by atoms with Crippen LogP contribution >= 0.6 is 0 Å². The van der Waals surface area contributed by atoms with E-state index in [-0.39, 0.29) is 11.8 Å². The third-order valence-corrected chi connectivity index (χ3v) is 3.74. The predicted octanol–water partition coefficient (Wildman–Crippen LogP) is 2.55. The average Bonchev–Trinajstić information content (AvgIpc) is 2.44. The van der Waals surface area contributed by atoms with Crippen molar-refractivity contribution in [3.8, 4) is 0 Å². The van der Waals surface area contributed by atoms with Gasteiger partial charge in [0.2, 0.25) is 11.8 Å². The van der Waals surface area contributed by atoms with Crippen molar-refractivity contribution < 1.29 is 9.59 Å². The molecule has 1 rings (SSSR count). The molecule has 0 aliphatic rings. The molecule has 0 atom stereocenters. The molecule has 0 heterocycles. The maximum absolute atomic E-state index is 12.0. The number of rotatable bonds is 8. The molecule has 0 saturated heterocycles. The summed E-state index contributed by atoms with van der Waals surface area (Å²) in [6.07, 6.45) is 1.37. The smallest absolute Gasteiger partial charge is 0.224 e. The van der Waals surface area contributed by atoms with E-state index in [1.54, 1.807) is 11.8 Å². The van der Waals surface area contributed by atoms with Crippen LogP contribution in [-0.4, -0.2) is 36.3 Å². The summed E-state index contributed by atoms with van der Waals surface area (Å²) in [6, 6.07) is 7.89. The Bertz CT molecular complexity index is 498. The van der Waals surface area contributed by atoms with E-state index >= 15 is 0 Å². The van der Waals surface area contributed by atoms with Crippen LogP contribution in [0.15, 0.2) is 24.3 Å². The Balaban J connectivity index is 2.36. The van der Waals surface area contributed by atoms with Crippen molar-refractivity contribution in [1.82, 2.24) is 10.2 Å². The van der Waals surface area contributed by atoms with Gasteiger partial charge in [-0.2, -0.15) is 0 Å². The highest BCUT2D eigenvalue weighted by molar-refractivity contribution is 5.79. The third-order valence-electron chi connectivity index (χ3n) is 3.74. The van der Waals surface area contributed by atoms with Gasteiger partial charge in [-0.05, 0) is 30.4 Å². The highest BCUT2D eigenvalue weighted by Gasteiger charge is 2.10. The molecule has 0 aliphatic carbocycles. The first-order valence-corrected chi connectivity index (χ1v) is 7.97. The van der Waals surface area contributed by atoms with Crippen molar-refractivity contribution in [3.05, 3.63) is 35.4 Å². The molecular weight excluding hydrogens is 276 g/mol. The van der Waals surface area contributed by atoms with Crippen LogP contribution in [0.25, 0.3) is 0 Å². The van der Waals surface area contributed by atoms with E-state index in [0.29, 0.717) is 25.4 Å². The molecule has 0 aliphatic heterocycles. The van der Waals surface area contributed by atoms with Crippen molar-refractivity contribution in [1.29, 1.82) is 0 Å². The average molecular weight is 304 g/mol. The van der Waals surface area contributed by atoms with Crippen molar-refractivity contribution >= 4 is 11.8 Å². The van der Waals surface area contributed by atoms with Gasteiger partial charge in [-0.25, -0.2) is 0 Å². The summed E-state index contributed by atoms with van der Waals surface area (Å²) in [5, 5.41) is 2.90. The Morgan fingerprint density at radius 3 is 2.45 bits per heavy atom. The quantitative estimate of drug-likeness (QED) is 0.802. The maximum Gasteiger partial charge on any atom is 0.224 e. The van der Waals surface area contributed by atoms with Gasteiger partial charge in [-0.1, -0.05) is 38.1 Å². The zero-order valence-electron chi connectivity index (χ0n) is 14.2. The standard InChI is InChI=1S/C18H28N2O2/c1-14(2)9-11-20(16(4)21)12-10-19-18(22)13-17-8-6-5-7-15(17)3/h5-8,14H,9-13H2,1-4H3,(H,19,22). The van der Waals surface area contributed by atoms with E-state index in [4.69, 9.17) is 0 Å². The molecule has 0 aromatic heterocycles. The summed E-state index contributed by atoms with van der Waals surface area (Å²) in [5.74, 6) is 0.632. The molecule has 0 radical (unpaired) electrons. The first-order valence-electron chi connectivity index (χ1n) is 7.97. The molecule has 4 nitrogen and oxygen atoms in total. The topological polar surface area (TPSA) is 49.4 Å². The van der Waals surface area contributed by atoms with Crippen molar-refractivity contribution in [3.63, 3.8) is 0 Å². The van der Waals surface area contributed by atoms with Gasteiger partial charge in [0.05, 0.1) is 6.42 Å². The fourth-order valence-corrected chi connectivity index (χ4v) is 2.21. The number of amides is 2. The van der Waals surface area contributed by atoms with E-state index in [9.17, 15) is 9.59 Å². The molecule has 0 unspecified atom stereocenters. The highest BCUT2D eigenvalue weighted by Crippen LogP contribution is 2.07. The molecule has 0 bridgehead atoms. The number of hydrogen-bond acceptors (Lipinski definition) is 2. The largest absolute Gasteiger partial charge is 0.354 e. The van der Waals surface area contributed by atoms with Crippen LogP contribution in [0.5, 0.6) is 0 Å². The minimum absolute atomic E-state index is 0.00154. The van der Waals surface area contributed by atoms with Crippen molar-refractivity contribution in [2.45, 2.75) is 40.5 Å². The van der Waals surface area contributed by atoms with Crippen LogP contribution in [-0.2, 0) is 16.0 Å². The number of aryl methyl sites for hydroxylation is 1. The summed E-state index contributed by atoms with van der Waals surface area (Å²) in [4.78, 5) is 25.3. The minimum atomic E-state index is 0.00154. The highest BCUT2D eigenvalue weighted by atomic mass is 16.2. The Morgan fingerprint density at radius 1 is 1.18 bits per heavy atom. The third kappa shape index (κ3) is 6.74. The lowest BCUT2D eigenvalue weighted by atomic mass is 10.1. The van der Waals surface area contributed by atoms with Gasteiger partial charge < -0.3 is 10.2 Å². The van der Waals surface area contributed by atoms with Crippen LogP contribution in [0.1, 0.15) is 38.3 Å². The van der Waals surface area contributed by atoms with Gasteiger partial charge in [-0.15, -0.1) is 0 Å². The SMILES string of the molecule is CC(=O)N(CCNC(=O)Cc1ccccc1C)CCC(C)C. The van der Waals surface area contributed by atoms with Gasteiger partial charge in [0.1, 0.15) is 0 Å². The molecule has 22 heavy (non-hydrogen) atoms. The molecule has 1 aromatic rings. The first-order chi connectivity index (χ1) is 10.4. The van der Waals surface area contributed by atoms with Crippen molar-refractivity contribution in [2.75, 3.05) is 19.6 Å². The summed E-state index contributed by atoms with van der Waals surface area (Å²) in [7, 11) is 0. The molecule has 1 aromatic carbocycles. The number of nitrogens with one attached hydrogen (secondary N) is 1. The summed E-state index contributed by atoms with van der Waals surface area (Å²) < 4.78 is 0. The van der Waals surface area contributed by atoms with E-state index in [1.807, 2.05) is 31.2 Å². The van der Waals surface area contributed by atoms with Gasteiger partial charge in [0, 0.05) is 26.6 Å². The molecule has 4 heteroatoms. The summed E-state index contributed by atoms with van der Waals surface area (Å²) >= 11 is 0. The Labute approximate surface area is 133 Å². The number of carbonyl (C=O) groups is 2. The molecule has 122 valence electrons. The van der Waals surface area contributed by atoms with Crippen LogP contribution in [0.3, 0.4) is 0 Å². The fraction of sp³-hybridized carbons (Fsp3) is 0.556. The minimum Gasteiger partial charge on any atom is -0.354 e. The summed E-state index contributed by atoms with van der Waals surface area (Å²) in [5.41, 5.74) is 2.17. The van der Waals surface area contributed by atoms with Crippen LogP contribution < -0.4 is 5.32 Å². The normalized spacial score (nSPS) is 10.6. The van der Waals surface area contributed by atoms with Crippen LogP contribution in [0.4, 0.5) is 0 Å². The maximum atomic E-state index is 12.0. The number of nitrogens with zero attached hydrogens (tertiary/aromatic N) is 1. The van der Waals surface area contributed by atoms with E-state index < -0.39 is 0 Å². The van der Waals surface area contributed by atoms with Gasteiger partial charge >= 0.3 is 0 Å². The fourth-order valence-electron chi connectivity index (χ4n) is 2.21. The lowest BCUT2D eigenvalue weighted by Crippen LogP contribution is -2.38. The Hall–Kier alpha value is -1.84. The molecule has 2 amide bonds. The predicted molar refractivity (Wildman–Crippen MR) is 89.6 cm³/mol. The monoisotopic (exact) mass is 304 g/mol. The first kappa shape index (κ1) is 18.2. The zero-order valence-corrected chi connectivity index (χ0v) is 14.2. The second-order valence-electron chi connectivity index (χ2n) is 6.14. The molecular formula is C18H28N2O2. The van der Waals surface area contributed by atoms with Crippen LogP contribution in [0, 0.1) is 12.8 Å². The van der Waals surface area contributed by atoms with Crippen LogP contribution in [0.2, 0.25) is 0 Å². The van der Waals surface area contributed by atoms with E-state index in [1.165, 1.54) is 0 Å². The molecule has 0 fully saturated rings. The molecule has 0 saturated carbocycles. The van der Waals surface area contributed by atoms with E-state index in [2.05, 4.69) is 19.2 Å². The lowest BCUT2D eigenvalue weighted by Gasteiger charge is -2.22. The van der Waals surface area contributed by atoms with Gasteiger partial charge in [0.25, 0.3) is 0 Å². The lowest BCUT2D eigenvalue weighted by molar-refractivity contribution is -0.129. The zero-order chi connectivity index (χ0) is 16.5. The van der Waals surface area contributed by atoms with Gasteiger partial charge in [-0.3, -0.25) is 9.59 Å². The van der Waals surface area contributed by atoms with Gasteiger partial charge in [0.15, 0.2) is 0 Å². The number of hydrogen-bond donors (Lipinski definition) is 1. The Kier molecular flexibility index (Phi) is 7.64. The molecule has 1 N–H and O–H groups in total. The second kappa shape index (κ2) is 9.23. The van der Waals surface area contributed by atoms with Crippen molar-refractivity contribution in [2.24, 2.45) is 5.92 Å². The second-order valence-corrected chi connectivity index (χ2v) is 6.14. The number of carbonyl (C=O) groups excluding carboxylic acids is 2.